The molecule has 0 radical (unpaired) electrons. The number of carboxylic acids is 1. The number of fused-ring (bicyclic) bond motifs is 2. The van der Waals surface area contributed by atoms with Crippen LogP contribution in [0.25, 0.3) is 0 Å². The fraction of sp³-hybridized carbons (Fsp3) is 0.889. The summed E-state index contributed by atoms with van der Waals surface area (Å²) < 4.78 is 55.9. The van der Waals surface area contributed by atoms with Crippen LogP contribution in [-0.4, -0.2) is 131 Å². The molecule has 16 bridgehead atoms. The van der Waals surface area contributed by atoms with Gasteiger partial charge in [0.1, 0.15) is 35.1 Å². The van der Waals surface area contributed by atoms with E-state index in [1.54, 1.807) is 27.7 Å². The maximum atomic E-state index is 12.6. The number of hydrogen-bond acceptors (Lipinski definition) is 21. The highest BCUT2D eigenvalue weighted by molar-refractivity contribution is 5.85. The van der Waals surface area contributed by atoms with Crippen molar-refractivity contribution in [3.8, 4) is 6.07 Å². The first kappa shape index (κ1) is 97.3. The topological polar surface area (TPSA) is 307 Å². The van der Waals surface area contributed by atoms with Crippen molar-refractivity contribution in [3.63, 3.8) is 0 Å². The Hall–Kier alpha value is -5.85. The van der Waals surface area contributed by atoms with Crippen molar-refractivity contribution in [2.24, 2.45) is 132 Å². The zero-order valence-corrected chi connectivity index (χ0v) is 78.9. The molecule has 0 aromatic carbocycles. The zero-order valence-electron chi connectivity index (χ0n) is 78.9. The maximum absolute atomic E-state index is 12.6. The summed E-state index contributed by atoms with van der Waals surface area (Å²) in [6.07, 6.45) is 28.5. The molecule has 14 aliphatic carbocycles. The van der Waals surface area contributed by atoms with Crippen LogP contribution >= 0.6 is 0 Å². The number of rotatable bonds is 23. The van der Waals surface area contributed by atoms with Crippen molar-refractivity contribution in [2.45, 2.75) is 419 Å². The van der Waals surface area contributed by atoms with E-state index in [0.717, 1.165) is 80.0 Å². The summed E-state index contributed by atoms with van der Waals surface area (Å²) in [7, 11) is 0. The molecule has 0 aromatic rings. The summed E-state index contributed by atoms with van der Waals surface area (Å²) in [5.41, 5.74) is -4.43. The van der Waals surface area contributed by atoms with E-state index >= 15 is 0 Å². The molecule has 1 N–H and O–H groups in total. The normalized spacial score (nSPS) is 37.1. The van der Waals surface area contributed by atoms with Crippen molar-refractivity contribution < 1.29 is 100 Å². The Morgan fingerprint density at radius 2 is 0.793 bits per heavy atom. The summed E-state index contributed by atoms with van der Waals surface area (Å²) in [6.45, 7) is 49.6. The van der Waals surface area contributed by atoms with E-state index in [2.05, 4.69) is 54.5 Å². The van der Waals surface area contributed by atoms with E-state index in [1.165, 1.54) is 103 Å². The minimum absolute atomic E-state index is 0.00857. The van der Waals surface area contributed by atoms with E-state index in [4.69, 9.17) is 52.5 Å². The molecule has 19 aliphatic rings. The van der Waals surface area contributed by atoms with Gasteiger partial charge in [0, 0.05) is 23.7 Å². The average molecular weight is 1700 g/mol. The average Bonchev–Trinajstić information content (AvgIpc) is 1.54. The number of hydrogen-bond donors (Lipinski definition) is 1. The molecule has 22 heteroatoms. The van der Waals surface area contributed by atoms with E-state index in [-0.39, 0.29) is 116 Å². The Labute approximate surface area is 724 Å². The SMILES string of the molecule is CCC(C)(C)C(=O)O.CCC(C)(C)C(=O)OC(C)(C)C12CC3CC(CC(C3)C1)C2.CCC(C)(C)C(=O)OC1(CC)C2CC3CC(C2)CC1C3.CCC(C)(C)C(=O)OC1(CC)C2CC3CC(C2)CC1C3.CCC(C)(C)C(=O)OC1C2CC3C(=O)OC1C3O2.CCC(C)(C)C(=O)OC1C2CC3C1OC(=O)C3(C#N)C2.CCC(C)(C)C(=O)OC1CCOC1=O. The molecule has 19 fully saturated rings. The molecular formula is C99H157NO21. The number of carbonyl (C=O) groups is 10. The number of esters is 9. The molecule has 5 heterocycles. The molecule has 0 amide bonds. The largest absolute Gasteiger partial charge is 0.481 e. The molecule has 0 spiro atoms. The molecule has 22 nitrogen and oxygen atoms in total. The molecule has 11 unspecified atom stereocenters. The van der Waals surface area contributed by atoms with Crippen molar-refractivity contribution >= 4 is 59.7 Å². The number of carbonyl (C=O) groups excluding carboxylic acids is 9. The predicted molar refractivity (Wildman–Crippen MR) is 455 cm³/mol. The molecule has 121 heavy (non-hydrogen) atoms. The first-order chi connectivity index (χ1) is 56.3. The third kappa shape index (κ3) is 19.4. The number of nitrogens with zero attached hydrogens (tertiary/aromatic N) is 1. The molecule has 11 atom stereocenters. The van der Waals surface area contributed by atoms with Crippen LogP contribution in [-0.2, 0) is 95.3 Å². The number of cyclic esters (lactones) is 1. The van der Waals surface area contributed by atoms with Gasteiger partial charge in [-0.3, -0.25) is 43.2 Å². The lowest BCUT2D eigenvalue weighted by molar-refractivity contribution is -0.218. The fourth-order valence-electron chi connectivity index (χ4n) is 23.7. The fourth-order valence-corrected chi connectivity index (χ4v) is 23.7. The smallest absolute Gasteiger partial charge is 0.347 e. The Balaban J connectivity index is 0.000000150. The third-order valence-electron chi connectivity index (χ3n) is 34.6. The first-order valence-electron chi connectivity index (χ1n) is 47.5. The lowest BCUT2D eigenvalue weighted by Gasteiger charge is -2.61. The molecular weight excluding hydrogens is 1540 g/mol. The van der Waals surface area contributed by atoms with Crippen LogP contribution in [0.3, 0.4) is 0 Å². The van der Waals surface area contributed by atoms with Gasteiger partial charge in [0.15, 0.2) is 17.6 Å². The van der Waals surface area contributed by atoms with Crippen LogP contribution < -0.4 is 0 Å². The minimum Gasteiger partial charge on any atom is -0.481 e. The predicted octanol–water partition coefficient (Wildman–Crippen LogP) is 19.7. The van der Waals surface area contributed by atoms with Crippen LogP contribution in [0.2, 0.25) is 0 Å². The minimum atomic E-state index is -0.974. The highest BCUT2D eigenvalue weighted by Gasteiger charge is 2.73. The zero-order chi connectivity index (χ0) is 89.9. The van der Waals surface area contributed by atoms with Gasteiger partial charge in [-0.05, 0) is 356 Å². The van der Waals surface area contributed by atoms with Crippen molar-refractivity contribution in [2.75, 3.05) is 6.61 Å². The van der Waals surface area contributed by atoms with Gasteiger partial charge in [-0.15, -0.1) is 0 Å². The highest BCUT2D eigenvalue weighted by Crippen LogP contribution is 2.67. The van der Waals surface area contributed by atoms with Gasteiger partial charge >= 0.3 is 59.7 Å². The standard InChI is InChI=1S/C19H32O2.2C18H30O2.C15H19NO4.C13H18O5.C10H16O4.C6H12O2/c1-6-17(2,3)16(20)21-18(4,5)19-10-13-7-14(11-19)9-15(8-13)12-19;2*1-5-17(3,4)16(19)20-18(6-2)14-8-12-7-13(10-14)11-15(18)9-12;1-4-14(2,3)12(17)19-10-8-5-9-11(10)20-13(18)15(9,6-8)7-16;1-4-13(2,3)12(15)18-9-7-5-6-8(16-7)10(9)17-11(6)14;1-4-10(2,3)9(12)14-7-5-6-13-8(7)11;1-4-6(2,3)5(7)8/h13-15H,6-12H2,1-5H3;2*12-15H,5-11H2,1-4H3;8-11H,4-6H2,1-3H3;6-10H,4-5H2,1-3H3;7H,4-6H2,1-3H3;4H2,1-3H3,(H,7,8). The van der Waals surface area contributed by atoms with Crippen molar-refractivity contribution in [1.29, 1.82) is 5.26 Å². The molecule has 0 aromatic heterocycles. The van der Waals surface area contributed by atoms with E-state index in [1.807, 2.05) is 96.9 Å². The third-order valence-corrected chi connectivity index (χ3v) is 34.6. The molecule has 14 saturated carbocycles. The quantitative estimate of drug-likeness (QED) is 0.0734. The molecule has 19 rings (SSSR count). The molecule has 684 valence electrons. The van der Waals surface area contributed by atoms with Crippen LogP contribution in [0.1, 0.15) is 359 Å². The summed E-state index contributed by atoms with van der Waals surface area (Å²) in [5, 5.41) is 17.8. The summed E-state index contributed by atoms with van der Waals surface area (Å²) in [4.78, 5) is 118. The van der Waals surface area contributed by atoms with Crippen molar-refractivity contribution in [3.05, 3.63) is 0 Å². The van der Waals surface area contributed by atoms with E-state index in [9.17, 15) is 53.2 Å². The van der Waals surface area contributed by atoms with Gasteiger partial charge in [-0.1, -0.05) is 62.3 Å². The van der Waals surface area contributed by atoms with Crippen LogP contribution in [0, 0.1) is 143 Å². The number of nitriles is 1. The van der Waals surface area contributed by atoms with Gasteiger partial charge < -0.3 is 52.5 Å². The van der Waals surface area contributed by atoms with Gasteiger partial charge in [0.2, 0.25) is 6.10 Å². The van der Waals surface area contributed by atoms with Crippen LogP contribution in [0.5, 0.6) is 0 Å². The first-order valence-corrected chi connectivity index (χ1v) is 47.5. The Kier molecular flexibility index (Phi) is 29.4. The molecule has 5 saturated heterocycles. The van der Waals surface area contributed by atoms with Gasteiger partial charge in [0.25, 0.3) is 0 Å². The summed E-state index contributed by atoms with van der Waals surface area (Å²) in [6, 6.07) is 2.15. The molecule has 5 aliphatic heterocycles. The summed E-state index contributed by atoms with van der Waals surface area (Å²) >= 11 is 0. The second-order valence-electron chi connectivity index (χ2n) is 45.3. The number of aliphatic carboxylic acids is 1. The lowest BCUT2D eigenvalue weighted by Crippen LogP contribution is -2.60. The monoisotopic (exact) mass is 1700 g/mol. The number of ether oxygens (including phenoxy) is 10. The highest BCUT2D eigenvalue weighted by atomic mass is 16.7. The van der Waals surface area contributed by atoms with Gasteiger partial charge in [-0.25, -0.2) is 4.79 Å². The Morgan fingerprint density at radius 3 is 1.15 bits per heavy atom. The maximum Gasteiger partial charge on any atom is 0.347 e. The van der Waals surface area contributed by atoms with Gasteiger partial charge in [0.05, 0.1) is 62.6 Å². The Bertz CT molecular complexity index is 3640. The lowest BCUT2D eigenvalue weighted by atomic mass is 9.46. The van der Waals surface area contributed by atoms with Crippen LogP contribution in [0.4, 0.5) is 0 Å². The summed E-state index contributed by atoms with van der Waals surface area (Å²) in [5.74, 6) is 6.24. The van der Waals surface area contributed by atoms with Crippen molar-refractivity contribution in [1.82, 2.24) is 0 Å². The Morgan fingerprint density at radius 1 is 0.421 bits per heavy atom. The van der Waals surface area contributed by atoms with Crippen LogP contribution in [0.15, 0.2) is 0 Å². The van der Waals surface area contributed by atoms with Gasteiger partial charge in [-0.2, -0.15) is 5.26 Å². The van der Waals surface area contributed by atoms with E-state index in [0.29, 0.717) is 75.2 Å². The van der Waals surface area contributed by atoms with E-state index < -0.39 is 69.4 Å². The number of carboxylic acid groups (broad SMARTS) is 1. The second-order valence-corrected chi connectivity index (χ2v) is 45.3. The second kappa shape index (κ2) is 36.5.